The Balaban J connectivity index is 1.97. The number of ether oxygens (including phenoxy) is 1. The van der Waals surface area contributed by atoms with Gasteiger partial charge in [-0.2, -0.15) is 0 Å². The Hall–Kier alpha value is -1.62. The number of carbonyl (C=O) groups excluding carboxylic acids is 1. The van der Waals surface area contributed by atoms with E-state index in [1.807, 2.05) is 0 Å². The van der Waals surface area contributed by atoms with E-state index in [1.165, 1.54) is 19.3 Å². The van der Waals surface area contributed by atoms with Gasteiger partial charge in [-0.15, -0.1) is 0 Å². The molecule has 5 heteroatoms. The fraction of sp³-hybridized carbons (Fsp3) is 0.600. The monoisotopic (exact) mass is 278 g/mol. The summed E-state index contributed by atoms with van der Waals surface area (Å²) in [4.78, 5) is 16.1. The van der Waals surface area contributed by atoms with Crippen molar-refractivity contribution in [2.75, 3.05) is 6.61 Å². The number of amides is 1. The molecular weight excluding hydrogens is 256 g/mol. The third kappa shape index (κ3) is 4.20. The summed E-state index contributed by atoms with van der Waals surface area (Å²) < 4.78 is 5.84. The quantitative estimate of drug-likeness (QED) is 0.863. The molecular formula is C15H22N2O3. The summed E-state index contributed by atoms with van der Waals surface area (Å²) in [5, 5.41) is 11.7. The smallest absolute Gasteiger partial charge is 0.251 e. The molecule has 1 heterocycles. The zero-order chi connectivity index (χ0) is 14.4. The molecule has 5 nitrogen and oxygen atoms in total. The molecule has 0 spiro atoms. The first-order valence-corrected chi connectivity index (χ1v) is 7.23. The Labute approximate surface area is 119 Å². The summed E-state index contributed by atoms with van der Waals surface area (Å²) in [6.07, 6.45) is 7.56. The Morgan fingerprint density at radius 2 is 2.25 bits per heavy atom. The van der Waals surface area contributed by atoms with Crippen LogP contribution >= 0.6 is 0 Å². The Kier molecular flexibility index (Phi) is 5.35. The second-order valence-corrected chi connectivity index (χ2v) is 5.32. The van der Waals surface area contributed by atoms with E-state index in [0.29, 0.717) is 11.4 Å². The first kappa shape index (κ1) is 14.8. The SMILES string of the molecule is C[C@@H](CO)NC(=O)c1ccnc(OC2CCCCC2)c1. The van der Waals surface area contributed by atoms with Crippen molar-refractivity contribution >= 4 is 5.91 Å². The molecule has 110 valence electrons. The largest absolute Gasteiger partial charge is 0.474 e. The number of hydrogen-bond donors (Lipinski definition) is 2. The van der Waals surface area contributed by atoms with Crippen molar-refractivity contribution in [2.45, 2.75) is 51.2 Å². The number of carbonyl (C=O) groups is 1. The van der Waals surface area contributed by atoms with Crippen LogP contribution in [0.15, 0.2) is 18.3 Å². The van der Waals surface area contributed by atoms with Crippen LogP contribution in [0, 0.1) is 0 Å². The number of aromatic nitrogens is 1. The lowest BCUT2D eigenvalue weighted by molar-refractivity contribution is 0.0920. The standard InChI is InChI=1S/C15H22N2O3/c1-11(10-18)17-15(19)12-7-8-16-14(9-12)20-13-5-3-2-4-6-13/h7-9,11,13,18H,2-6,10H2,1H3,(H,17,19)/t11-/m0/s1. The van der Waals surface area contributed by atoms with Gasteiger partial charge < -0.3 is 15.2 Å². The van der Waals surface area contributed by atoms with Crippen LogP contribution in [-0.4, -0.2) is 34.8 Å². The maximum absolute atomic E-state index is 12.0. The number of aliphatic hydroxyl groups is 1. The Morgan fingerprint density at radius 3 is 2.95 bits per heavy atom. The van der Waals surface area contributed by atoms with Crippen LogP contribution in [0.4, 0.5) is 0 Å². The van der Waals surface area contributed by atoms with Crippen LogP contribution in [0.25, 0.3) is 0 Å². The third-order valence-corrected chi connectivity index (χ3v) is 3.49. The van der Waals surface area contributed by atoms with Crippen molar-refractivity contribution in [1.82, 2.24) is 10.3 Å². The highest BCUT2D eigenvalue weighted by molar-refractivity contribution is 5.94. The summed E-state index contributed by atoms with van der Waals surface area (Å²) in [5.41, 5.74) is 0.506. The molecule has 0 aromatic carbocycles. The Bertz CT molecular complexity index is 444. The molecule has 2 N–H and O–H groups in total. The van der Waals surface area contributed by atoms with E-state index in [4.69, 9.17) is 9.84 Å². The van der Waals surface area contributed by atoms with Crippen molar-refractivity contribution in [3.05, 3.63) is 23.9 Å². The average Bonchev–Trinajstić information content (AvgIpc) is 2.48. The summed E-state index contributed by atoms with van der Waals surface area (Å²) in [7, 11) is 0. The van der Waals surface area contributed by atoms with Gasteiger partial charge in [-0.3, -0.25) is 4.79 Å². The van der Waals surface area contributed by atoms with Gasteiger partial charge in [0.05, 0.1) is 6.61 Å². The molecule has 0 bridgehead atoms. The van der Waals surface area contributed by atoms with Gasteiger partial charge in [0.1, 0.15) is 6.10 Å². The number of hydrogen-bond acceptors (Lipinski definition) is 4. The summed E-state index contributed by atoms with van der Waals surface area (Å²) in [6.45, 7) is 1.67. The van der Waals surface area contributed by atoms with Crippen molar-refractivity contribution in [3.8, 4) is 5.88 Å². The molecule has 0 unspecified atom stereocenters. The lowest BCUT2D eigenvalue weighted by atomic mass is 9.98. The van der Waals surface area contributed by atoms with Crippen molar-refractivity contribution < 1.29 is 14.6 Å². The van der Waals surface area contributed by atoms with E-state index >= 15 is 0 Å². The molecule has 2 rings (SSSR count). The number of nitrogens with zero attached hydrogens (tertiary/aromatic N) is 1. The summed E-state index contributed by atoms with van der Waals surface area (Å²) in [5.74, 6) is 0.281. The summed E-state index contributed by atoms with van der Waals surface area (Å²) in [6, 6.07) is 3.04. The van der Waals surface area contributed by atoms with Gasteiger partial charge in [0.2, 0.25) is 5.88 Å². The van der Waals surface area contributed by atoms with E-state index in [9.17, 15) is 4.79 Å². The van der Waals surface area contributed by atoms with Gasteiger partial charge in [0.25, 0.3) is 5.91 Å². The minimum atomic E-state index is -0.265. The maximum Gasteiger partial charge on any atom is 0.251 e. The molecule has 1 atom stereocenters. The predicted octanol–water partition coefficient (Wildman–Crippen LogP) is 1.90. The lowest BCUT2D eigenvalue weighted by Gasteiger charge is -2.22. The number of rotatable bonds is 5. The molecule has 20 heavy (non-hydrogen) atoms. The van der Waals surface area contributed by atoms with E-state index in [-0.39, 0.29) is 24.7 Å². The second-order valence-electron chi connectivity index (χ2n) is 5.32. The van der Waals surface area contributed by atoms with Gasteiger partial charge in [-0.1, -0.05) is 6.42 Å². The zero-order valence-corrected chi connectivity index (χ0v) is 11.8. The van der Waals surface area contributed by atoms with E-state index in [2.05, 4.69) is 10.3 Å². The van der Waals surface area contributed by atoms with Gasteiger partial charge in [-0.25, -0.2) is 4.98 Å². The van der Waals surface area contributed by atoms with Gasteiger partial charge in [0, 0.05) is 23.9 Å². The molecule has 1 aromatic rings. The molecule has 1 amide bonds. The highest BCUT2D eigenvalue weighted by atomic mass is 16.5. The highest BCUT2D eigenvalue weighted by Gasteiger charge is 2.16. The minimum absolute atomic E-state index is 0.0811. The van der Waals surface area contributed by atoms with Crippen LogP contribution < -0.4 is 10.1 Å². The molecule has 1 aliphatic rings. The molecule has 1 fully saturated rings. The van der Waals surface area contributed by atoms with Gasteiger partial charge in [0.15, 0.2) is 0 Å². The van der Waals surface area contributed by atoms with Crippen molar-refractivity contribution in [1.29, 1.82) is 0 Å². The predicted molar refractivity (Wildman–Crippen MR) is 75.8 cm³/mol. The topological polar surface area (TPSA) is 71.5 Å². The second kappa shape index (κ2) is 7.24. The first-order chi connectivity index (χ1) is 9.69. The summed E-state index contributed by atoms with van der Waals surface area (Å²) >= 11 is 0. The Morgan fingerprint density at radius 1 is 1.50 bits per heavy atom. The molecule has 0 aliphatic heterocycles. The van der Waals surface area contributed by atoms with Crippen molar-refractivity contribution in [2.24, 2.45) is 0 Å². The first-order valence-electron chi connectivity index (χ1n) is 7.23. The normalized spacial score (nSPS) is 17.5. The lowest BCUT2D eigenvalue weighted by Crippen LogP contribution is -2.35. The van der Waals surface area contributed by atoms with Crippen LogP contribution in [-0.2, 0) is 0 Å². The number of pyridine rings is 1. The van der Waals surface area contributed by atoms with Crippen LogP contribution in [0.2, 0.25) is 0 Å². The molecule has 1 aromatic heterocycles. The van der Waals surface area contributed by atoms with E-state index < -0.39 is 0 Å². The van der Waals surface area contributed by atoms with Crippen molar-refractivity contribution in [3.63, 3.8) is 0 Å². The number of aliphatic hydroxyl groups excluding tert-OH is 1. The van der Waals surface area contributed by atoms with Crippen LogP contribution in [0.1, 0.15) is 49.4 Å². The highest BCUT2D eigenvalue weighted by Crippen LogP contribution is 2.22. The fourth-order valence-corrected chi connectivity index (χ4v) is 2.32. The van der Waals surface area contributed by atoms with Crippen LogP contribution in [0.3, 0.4) is 0 Å². The van der Waals surface area contributed by atoms with Gasteiger partial charge >= 0.3 is 0 Å². The third-order valence-electron chi connectivity index (χ3n) is 3.49. The molecule has 0 radical (unpaired) electrons. The average molecular weight is 278 g/mol. The van der Waals surface area contributed by atoms with Crippen LogP contribution in [0.5, 0.6) is 5.88 Å². The molecule has 0 saturated heterocycles. The zero-order valence-electron chi connectivity index (χ0n) is 11.8. The van der Waals surface area contributed by atoms with E-state index in [1.54, 1.807) is 25.3 Å². The van der Waals surface area contributed by atoms with Gasteiger partial charge in [-0.05, 0) is 38.7 Å². The molecule has 1 saturated carbocycles. The van der Waals surface area contributed by atoms with E-state index in [0.717, 1.165) is 12.8 Å². The minimum Gasteiger partial charge on any atom is -0.474 e. The number of nitrogens with one attached hydrogen (secondary N) is 1. The fourth-order valence-electron chi connectivity index (χ4n) is 2.32. The molecule has 1 aliphatic carbocycles. The maximum atomic E-state index is 12.0.